The van der Waals surface area contributed by atoms with E-state index in [4.69, 9.17) is 5.73 Å². The number of nitrogens with two attached hydrogens (primary N) is 1. The summed E-state index contributed by atoms with van der Waals surface area (Å²) < 4.78 is 0. The van der Waals surface area contributed by atoms with Gasteiger partial charge in [0.1, 0.15) is 0 Å². The highest BCUT2D eigenvalue weighted by Crippen LogP contribution is 2.38. The molecule has 0 saturated heterocycles. The molecule has 1 fully saturated rings. The number of hydrogen-bond acceptors (Lipinski definition) is 3. The van der Waals surface area contributed by atoms with Crippen molar-refractivity contribution in [1.29, 1.82) is 0 Å². The van der Waals surface area contributed by atoms with E-state index in [0.717, 1.165) is 13.1 Å². The highest BCUT2D eigenvalue weighted by atomic mass is 16.3. The van der Waals surface area contributed by atoms with E-state index in [1.54, 1.807) is 0 Å². The van der Waals surface area contributed by atoms with E-state index in [0.29, 0.717) is 12.0 Å². The maximum Gasteiger partial charge on any atom is 0.0626 e. The number of rotatable bonds is 6. The summed E-state index contributed by atoms with van der Waals surface area (Å²) in [5.74, 6) is 0.542. The lowest BCUT2D eigenvalue weighted by Crippen LogP contribution is -2.56. The second-order valence-corrected chi connectivity index (χ2v) is 4.82. The Morgan fingerprint density at radius 1 is 1.50 bits per heavy atom. The molecule has 0 aromatic rings. The lowest BCUT2D eigenvalue weighted by Gasteiger charge is -2.36. The SMILES string of the molecule is CCN(CC(N)(CO)C1CC1)C(C)C. The Bertz CT molecular complexity index is 180. The fraction of sp³-hybridized carbons (Fsp3) is 1.00. The topological polar surface area (TPSA) is 49.5 Å². The first-order valence-corrected chi connectivity index (χ1v) is 5.67. The van der Waals surface area contributed by atoms with Crippen LogP contribution in [0.5, 0.6) is 0 Å². The second-order valence-electron chi connectivity index (χ2n) is 4.82. The summed E-state index contributed by atoms with van der Waals surface area (Å²) in [6, 6.07) is 0.508. The van der Waals surface area contributed by atoms with Gasteiger partial charge in [0, 0.05) is 12.6 Å². The summed E-state index contributed by atoms with van der Waals surface area (Å²) in [5.41, 5.74) is 5.86. The summed E-state index contributed by atoms with van der Waals surface area (Å²) in [6.45, 7) is 8.43. The third-order valence-corrected chi connectivity index (χ3v) is 3.32. The third-order valence-electron chi connectivity index (χ3n) is 3.32. The van der Waals surface area contributed by atoms with Crippen molar-refractivity contribution in [3.63, 3.8) is 0 Å². The van der Waals surface area contributed by atoms with Crippen LogP contribution < -0.4 is 5.73 Å². The molecule has 0 aliphatic heterocycles. The van der Waals surface area contributed by atoms with Gasteiger partial charge in [0.2, 0.25) is 0 Å². The molecule has 3 heteroatoms. The Balaban J connectivity index is 2.53. The first kappa shape index (κ1) is 12.0. The fourth-order valence-corrected chi connectivity index (χ4v) is 2.00. The van der Waals surface area contributed by atoms with E-state index in [-0.39, 0.29) is 12.1 Å². The zero-order chi connectivity index (χ0) is 10.8. The molecule has 1 rings (SSSR count). The molecule has 1 aliphatic carbocycles. The minimum absolute atomic E-state index is 0.112. The van der Waals surface area contributed by atoms with Crippen molar-refractivity contribution in [1.82, 2.24) is 4.90 Å². The first-order valence-electron chi connectivity index (χ1n) is 5.67. The number of aliphatic hydroxyl groups excluding tert-OH is 1. The summed E-state index contributed by atoms with van der Waals surface area (Å²) in [4.78, 5) is 2.33. The predicted molar refractivity (Wildman–Crippen MR) is 59.1 cm³/mol. The average molecular weight is 200 g/mol. The molecular weight excluding hydrogens is 176 g/mol. The molecule has 1 atom stereocenters. The summed E-state index contributed by atoms with van der Waals surface area (Å²) in [7, 11) is 0. The normalized spacial score (nSPS) is 21.6. The van der Waals surface area contributed by atoms with Gasteiger partial charge in [-0.2, -0.15) is 0 Å². The van der Waals surface area contributed by atoms with E-state index >= 15 is 0 Å². The maximum absolute atomic E-state index is 9.37. The molecule has 0 aromatic heterocycles. The molecule has 0 radical (unpaired) electrons. The molecule has 0 aromatic carbocycles. The van der Waals surface area contributed by atoms with Crippen molar-refractivity contribution in [3.8, 4) is 0 Å². The lowest BCUT2D eigenvalue weighted by atomic mass is 9.94. The standard InChI is InChI=1S/C11H24N2O/c1-4-13(9(2)3)7-11(12,8-14)10-5-6-10/h9-10,14H,4-8,12H2,1-3H3. The first-order chi connectivity index (χ1) is 6.53. The molecule has 0 bridgehead atoms. The fourth-order valence-electron chi connectivity index (χ4n) is 2.00. The molecule has 1 unspecified atom stereocenters. The highest BCUT2D eigenvalue weighted by Gasteiger charge is 2.42. The van der Waals surface area contributed by atoms with E-state index < -0.39 is 0 Å². The number of aliphatic hydroxyl groups is 1. The smallest absolute Gasteiger partial charge is 0.0626 e. The molecule has 0 spiro atoms. The van der Waals surface area contributed by atoms with Gasteiger partial charge in [-0.25, -0.2) is 0 Å². The van der Waals surface area contributed by atoms with E-state index in [1.165, 1.54) is 12.8 Å². The minimum atomic E-state index is -0.361. The van der Waals surface area contributed by atoms with E-state index in [2.05, 4.69) is 25.7 Å². The van der Waals surface area contributed by atoms with Crippen molar-refractivity contribution in [2.24, 2.45) is 11.7 Å². The number of hydrogen-bond donors (Lipinski definition) is 2. The number of nitrogens with zero attached hydrogens (tertiary/aromatic N) is 1. The Morgan fingerprint density at radius 2 is 2.07 bits per heavy atom. The van der Waals surface area contributed by atoms with Gasteiger partial charge in [-0.05, 0) is 39.2 Å². The summed E-state index contributed by atoms with van der Waals surface area (Å²) >= 11 is 0. The van der Waals surface area contributed by atoms with Gasteiger partial charge in [0.25, 0.3) is 0 Å². The van der Waals surface area contributed by atoms with Crippen LogP contribution in [-0.2, 0) is 0 Å². The number of likely N-dealkylation sites (N-methyl/N-ethyl adjacent to an activating group) is 1. The Kier molecular flexibility index (Phi) is 3.93. The summed E-state index contributed by atoms with van der Waals surface area (Å²) in [5, 5.41) is 9.37. The van der Waals surface area contributed by atoms with Crippen molar-refractivity contribution >= 4 is 0 Å². The molecule has 14 heavy (non-hydrogen) atoms. The van der Waals surface area contributed by atoms with Crippen molar-refractivity contribution in [3.05, 3.63) is 0 Å². The second kappa shape index (κ2) is 4.60. The molecular formula is C11H24N2O. The van der Waals surface area contributed by atoms with Crippen LogP contribution >= 0.6 is 0 Å². The molecule has 84 valence electrons. The molecule has 3 N–H and O–H groups in total. The Morgan fingerprint density at radius 3 is 2.36 bits per heavy atom. The third kappa shape index (κ3) is 2.69. The average Bonchev–Trinajstić information content (AvgIpc) is 2.96. The quantitative estimate of drug-likeness (QED) is 0.667. The van der Waals surface area contributed by atoms with Gasteiger partial charge in [-0.1, -0.05) is 6.92 Å². The van der Waals surface area contributed by atoms with Gasteiger partial charge in [-0.15, -0.1) is 0 Å². The van der Waals surface area contributed by atoms with Crippen LogP contribution in [0.25, 0.3) is 0 Å². The van der Waals surface area contributed by atoms with E-state index in [1.807, 2.05) is 0 Å². The van der Waals surface area contributed by atoms with Crippen LogP contribution in [0.15, 0.2) is 0 Å². The van der Waals surface area contributed by atoms with Crippen LogP contribution in [0.2, 0.25) is 0 Å². The molecule has 1 saturated carbocycles. The van der Waals surface area contributed by atoms with Gasteiger partial charge < -0.3 is 10.8 Å². The van der Waals surface area contributed by atoms with Crippen LogP contribution in [0.1, 0.15) is 33.6 Å². The highest BCUT2D eigenvalue weighted by molar-refractivity contribution is 5.00. The van der Waals surface area contributed by atoms with Crippen LogP contribution in [0.4, 0.5) is 0 Å². The van der Waals surface area contributed by atoms with Gasteiger partial charge in [0.15, 0.2) is 0 Å². The lowest BCUT2D eigenvalue weighted by molar-refractivity contribution is 0.107. The Hall–Kier alpha value is -0.120. The maximum atomic E-state index is 9.37. The molecule has 3 nitrogen and oxygen atoms in total. The van der Waals surface area contributed by atoms with Crippen LogP contribution in [-0.4, -0.2) is 41.3 Å². The van der Waals surface area contributed by atoms with Crippen molar-refractivity contribution in [2.45, 2.75) is 45.2 Å². The summed E-state index contributed by atoms with van der Waals surface area (Å²) in [6.07, 6.45) is 2.37. The molecule has 1 aliphatic rings. The minimum Gasteiger partial charge on any atom is -0.394 e. The molecule has 0 heterocycles. The monoisotopic (exact) mass is 200 g/mol. The van der Waals surface area contributed by atoms with Crippen molar-refractivity contribution in [2.75, 3.05) is 19.7 Å². The van der Waals surface area contributed by atoms with E-state index in [9.17, 15) is 5.11 Å². The van der Waals surface area contributed by atoms with Gasteiger partial charge in [0.05, 0.1) is 12.1 Å². The zero-order valence-electron chi connectivity index (χ0n) is 9.66. The predicted octanol–water partition coefficient (Wildman–Crippen LogP) is 0.816. The largest absolute Gasteiger partial charge is 0.394 e. The Labute approximate surface area is 87.3 Å². The van der Waals surface area contributed by atoms with Gasteiger partial charge >= 0.3 is 0 Å². The van der Waals surface area contributed by atoms with Crippen LogP contribution in [0, 0.1) is 5.92 Å². The van der Waals surface area contributed by atoms with Crippen molar-refractivity contribution < 1.29 is 5.11 Å². The van der Waals surface area contributed by atoms with Gasteiger partial charge in [-0.3, -0.25) is 4.90 Å². The molecule has 0 amide bonds. The van der Waals surface area contributed by atoms with Crippen LogP contribution in [0.3, 0.4) is 0 Å². The zero-order valence-corrected chi connectivity index (χ0v) is 9.66.